The van der Waals surface area contributed by atoms with Gasteiger partial charge >= 0.3 is 5.97 Å². The number of imide groups is 1. The molecule has 1 aliphatic rings. The molecule has 2 atom stereocenters. The van der Waals surface area contributed by atoms with Gasteiger partial charge < -0.3 is 4.74 Å². The Morgan fingerprint density at radius 1 is 1.12 bits per heavy atom. The lowest BCUT2D eigenvalue weighted by atomic mass is 9.97. The van der Waals surface area contributed by atoms with Crippen molar-refractivity contribution in [3.05, 3.63) is 62.5 Å². The number of ether oxygens (including phenoxy) is 1. The Hall–Kier alpha value is -3.40. The quantitative estimate of drug-likeness (QED) is 0.398. The molecule has 0 radical (unpaired) electrons. The number of aromatic nitrogens is 3. The lowest BCUT2D eigenvalue weighted by Gasteiger charge is -2.28. The van der Waals surface area contributed by atoms with Crippen LogP contribution in [0.1, 0.15) is 58.6 Å². The van der Waals surface area contributed by atoms with E-state index in [0.29, 0.717) is 17.8 Å². The van der Waals surface area contributed by atoms with Gasteiger partial charge in [-0.25, -0.2) is 9.78 Å². The van der Waals surface area contributed by atoms with E-state index in [9.17, 15) is 19.2 Å². The van der Waals surface area contributed by atoms with Crippen molar-refractivity contribution in [3.8, 4) is 0 Å². The molecule has 32 heavy (non-hydrogen) atoms. The van der Waals surface area contributed by atoms with Crippen LogP contribution in [0.4, 0.5) is 0 Å². The van der Waals surface area contributed by atoms with Crippen LogP contribution in [0.3, 0.4) is 0 Å². The van der Waals surface area contributed by atoms with Crippen LogP contribution < -0.4 is 5.56 Å². The first-order valence-electron chi connectivity index (χ1n) is 10.4. The summed E-state index contributed by atoms with van der Waals surface area (Å²) in [5.41, 5.74) is 0.460. The van der Waals surface area contributed by atoms with Gasteiger partial charge in [-0.3, -0.25) is 19.3 Å². The van der Waals surface area contributed by atoms with E-state index in [-0.39, 0.29) is 34.9 Å². The van der Waals surface area contributed by atoms with Gasteiger partial charge in [0, 0.05) is 6.07 Å². The number of rotatable bonds is 7. The fourth-order valence-electron chi connectivity index (χ4n) is 3.62. The molecule has 1 aromatic carbocycles. The van der Waals surface area contributed by atoms with Crippen LogP contribution in [-0.2, 0) is 22.6 Å². The molecule has 0 fully saturated rings. The number of aryl methyl sites for hydroxylation is 1. The summed E-state index contributed by atoms with van der Waals surface area (Å²) in [5, 5.41) is 4.96. The summed E-state index contributed by atoms with van der Waals surface area (Å²) in [4.78, 5) is 56.9. The summed E-state index contributed by atoms with van der Waals surface area (Å²) >= 11 is 1.29. The Bertz CT molecular complexity index is 1250. The van der Waals surface area contributed by atoms with Crippen LogP contribution in [0.2, 0.25) is 0 Å². The molecule has 1 aliphatic heterocycles. The highest BCUT2D eigenvalue weighted by Crippen LogP contribution is 2.29. The molecule has 166 valence electrons. The monoisotopic (exact) mass is 454 g/mol. The summed E-state index contributed by atoms with van der Waals surface area (Å²) in [5.74, 6) is -2.06. The Morgan fingerprint density at radius 3 is 2.38 bits per heavy atom. The minimum absolute atomic E-state index is 0.250. The predicted octanol–water partition coefficient (Wildman–Crippen LogP) is 2.47. The third-order valence-corrected chi connectivity index (χ3v) is 6.59. The molecule has 3 heterocycles. The Balaban J connectivity index is 1.57. The Kier molecular flexibility index (Phi) is 5.88. The van der Waals surface area contributed by atoms with Crippen LogP contribution in [0, 0.1) is 5.92 Å². The summed E-state index contributed by atoms with van der Waals surface area (Å²) in [6.07, 6.45) is 1.23. The molecule has 10 heteroatoms. The van der Waals surface area contributed by atoms with Gasteiger partial charge in [0.05, 0.1) is 16.8 Å². The van der Waals surface area contributed by atoms with Crippen LogP contribution >= 0.6 is 11.3 Å². The van der Waals surface area contributed by atoms with E-state index in [4.69, 9.17) is 4.74 Å². The summed E-state index contributed by atoms with van der Waals surface area (Å²) < 4.78 is 6.66. The van der Waals surface area contributed by atoms with Gasteiger partial charge in [-0.05, 0) is 24.5 Å². The number of benzene rings is 1. The minimum atomic E-state index is -1.08. The first-order chi connectivity index (χ1) is 15.3. The van der Waals surface area contributed by atoms with Crippen molar-refractivity contribution >= 4 is 34.1 Å². The van der Waals surface area contributed by atoms with Gasteiger partial charge in [-0.1, -0.05) is 50.7 Å². The number of hydrogen-bond donors (Lipinski definition) is 0. The second-order valence-electron chi connectivity index (χ2n) is 7.59. The highest BCUT2D eigenvalue weighted by Gasteiger charge is 2.45. The molecule has 0 N–H and O–H groups in total. The molecule has 0 saturated carbocycles. The van der Waals surface area contributed by atoms with Crippen molar-refractivity contribution in [2.75, 3.05) is 0 Å². The van der Waals surface area contributed by atoms with E-state index < -0.39 is 23.8 Å². The second-order valence-corrected chi connectivity index (χ2v) is 8.63. The zero-order valence-corrected chi connectivity index (χ0v) is 18.7. The minimum Gasteiger partial charge on any atom is -0.458 e. The van der Waals surface area contributed by atoms with E-state index in [2.05, 4.69) is 10.1 Å². The van der Waals surface area contributed by atoms with Gasteiger partial charge in [0.2, 0.25) is 4.96 Å². The van der Waals surface area contributed by atoms with E-state index in [1.54, 1.807) is 31.2 Å². The molecule has 0 unspecified atom stereocenters. The molecular weight excluding hydrogens is 432 g/mol. The highest BCUT2D eigenvalue weighted by molar-refractivity contribution is 7.16. The van der Waals surface area contributed by atoms with Crippen LogP contribution in [0.15, 0.2) is 35.1 Å². The smallest absolute Gasteiger partial charge is 0.330 e. The lowest BCUT2D eigenvalue weighted by molar-refractivity contribution is -0.151. The van der Waals surface area contributed by atoms with Crippen molar-refractivity contribution in [3.63, 3.8) is 0 Å². The van der Waals surface area contributed by atoms with Crippen LogP contribution in [0.25, 0.3) is 4.96 Å². The van der Waals surface area contributed by atoms with Gasteiger partial charge in [0.1, 0.15) is 17.7 Å². The maximum absolute atomic E-state index is 13.1. The molecule has 4 rings (SSSR count). The van der Waals surface area contributed by atoms with Gasteiger partial charge in [0.15, 0.2) is 0 Å². The fraction of sp³-hybridized carbons (Fsp3) is 0.364. The number of carbonyl (C=O) groups excluding carboxylic acids is 3. The fourth-order valence-corrected chi connectivity index (χ4v) is 4.48. The third-order valence-electron chi connectivity index (χ3n) is 5.53. The van der Waals surface area contributed by atoms with Crippen LogP contribution in [0.5, 0.6) is 0 Å². The zero-order chi connectivity index (χ0) is 23.0. The molecule has 2 amide bonds. The number of esters is 1. The van der Waals surface area contributed by atoms with Gasteiger partial charge in [-0.2, -0.15) is 9.61 Å². The molecule has 0 spiro atoms. The predicted molar refractivity (Wildman–Crippen MR) is 116 cm³/mol. The number of amides is 2. The summed E-state index contributed by atoms with van der Waals surface area (Å²) in [6, 6.07) is 6.68. The first kappa shape index (κ1) is 21.8. The number of nitrogens with zero attached hydrogens (tertiary/aromatic N) is 4. The molecule has 2 aromatic heterocycles. The lowest BCUT2D eigenvalue weighted by Crippen LogP contribution is -2.49. The van der Waals surface area contributed by atoms with E-state index >= 15 is 0 Å². The van der Waals surface area contributed by atoms with Crippen molar-refractivity contribution in [1.29, 1.82) is 0 Å². The van der Waals surface area contributed by atoms with E-state index in [0.717, 1.165) is 9.91 Å². The summed E-state index contributed by atoms with van der Waals surface area (Å²) in [6.45, 7) is 5.34. The normalized spacial score (nSPS) is 15.2. The first-order valence-corrected chi connectivity index (χ1v) is 11.2. The molecule has 0 bridgehead atoms. The number of hydrogen-bond acceptors (Lipinski definition) is 8. The van der Waals surface area contributed by atoms with E-state index in [1.165, 1.54) is 21.9 Å². The average Bonchev–Trinajstić information content (AvgIpc) is 3.33. The topological polar surface area (TPSA) is 111 Å². The average molecular weight is 455 g/mol. The number of fused-ring (bicyclic) bond motifs is 2. The largest absolute Gasteiger partial charge is 0.458 e. The van der Waals surface area contributed by atoms with Gasteiger partial charge in [-0.15, -0.1) is 0 Å². The maximum Gasteiger partial charge on any atom is 0.330 e. The maximum atomic E-state index is 13.1. The molecule has 9 nitrogen and oxygen atoms in total. The molecular formula is C22H22N4O5S. The van der Waals surface area contributed by atoms with Crippen LogP contribution in [-0.4, -0.2) is 43.3 Å². The zero-order valence-electron chi connectivity index (χ0n) is 17.9. The van der Waals surface area contributed by atoms with Crippen molar-refractivity contribution in [2.45, 2.75) is 46.3 Å². The highest BCUT2D eigenvalue weighted by atomic mass is 32.1. The van der Waals surface area contributed by atoms with Crippen molar-refractivity contribution in [1.82, 2.24) is 19.5 Å². The number of carbonyl (C=O) groups is 3. The second kappa shape index (κ2) is 8.62. The molecule has 3 aromatic rings. The summed E-state index contributed by atoms with van der Waals surface area (Å²) in [7, 11) is 0. The Morgan fingerprint density at radius 2 is 1.78 bits per heavy atom. The Labute approximate surface area is 187 Å². The van der Waals surface area contributed by atoms with Gasteiger partial charge in [0.25, 0.3) is 17.4 Å². The van der Waals surface area contributed by atoms with Crippen molar-refractivity contribution < 1.29 is 19.1 Å². The molecule has 0 saturated heterocycles. The SMILES string of the molecule is CCc1nn2c(=O)cc(COC(=O)[C@H]([C@H](C)CC)N3C(=O)c4ccccc4C3=O)nc2s1. The van der Waals surface area contributed by atoms with E-state index in [1.807, 2.05) is 13.8 Å². The standard InChI is InChI=1S/C22H22N4O5S/c1-4-12(3)18(25-19(28)14-8-6-7-9-15(14)20(25)29)21(30)31-11-13-10-17(27)26-22(23-13)32-16(5-2)24-26/h6-10,12,18H,4-5,11H2,1-3H3/t12-,18+/m1/s1. The molecule has 0 aliphatic carbocycles. The third kappa shape index (κ3) is 3.70. The van der Waals surface area contributed by atoms with Crippen molar-refractivity contribution in [2.24, 2.45) is 5.92 Å².